The van der Waals surface area contributed by atoms with Crippen molar-refractivity contribution >= 4 is 28.1 Å². The predicted molar refractivity (Wildman–Crippen MR) is 84.1 cm³/mol. The molecule has 0 fully saturated rings. The van der Waals surface area contributed by atoms with Crippen LogP contribution in [0.2, 0.25) is 0 Å². The molecule has 1 unspecified atom stereocenters. The number of anilines is 2. The first-order valence-electron chi connectivity index (χ1n) is 6.46. The summed E-state index contributed by atoms with van der Waals surface area (Å²) in [4.78, 5) is 14.2. The topological polar surface area (TPSA) is 67.4 Å². The van der Waals surface area contributed by atoms with E-state index in [1.54, 1.807) is 13.2 Å². The molecule has 0 spiro atoms. The highest BCUT2D eigenvalue weighted by Crippen LogP contribution is 2.24. The van der Waals surface area contributed by atoms with Gasteiger partial charge in [-0.3, -0.25) is 10.1 Å². The molecule has 0 aliphatic carbocycles. The molecule has 2 aromatic rings. The van der Waals surface area contributed by atoms with Gasteiger partial charge in [-0.15, -0.1) is 10.2 Å². The van der Waals surface area contributed by atoms with Gasteiger partial charge in [-0.2, -0.15) is 0 Å². The van der Waals surface area contributed by atoms with Gasteiger partial charge in [-0.05, 0) is 25.1 Å². The van der Waals surface area contributed by atoms with E-state index in [-0.39, 0.29) is 12.0 Å². The Labute approximate surface area is 127 Å². The van der Waals surface area contributed by atoms with Crippen molar-refractivity contribution < 1.29 is 9.53 Å². The van der Waals surface area contributed by atoms with Crippen LogP contribution >= 0.6 is 11.3 Å². The summed E-state index contributed by atoms with van der Waals surface area (Å²) in [6, 6.07) is 7.39. The molecule has 0 saturated carbocycles. The van der Waals surface area contributed by atoms with E-state index in [1.165, 1.54) is 11.3 Å². The average Bonchev–Trinajstić information content (AvgIpc) is 2.95. The molecule has 0 aliphatic heterocycles. The number of benzene rings is 1. The van der Waals surface area contributed by atoms with Crippen molar-refractivity contribution in [2.75, 3.05) is 31.4 Å². The summed E-state index contributed by atoms with van der Waals surface area (Å²) < 4.78 is 5.17. The van der Waals surface area contributed by atoms with Crippen LogP contribution < -0.4 is 10.2 Å². The number of rotatable bonds is 5. The summed E-state index contributed by atoms with van der Waals surface area (Å²) in [6.07, 6.45) is -0.134. The monoisotopic (exact) mass is 306 g/mol. The third kappa shape index (κ3) is 3.77. The molecule has 1 atom stereocenters. The zero-order chi connectivity index (χ0) is 15.4. The molecule has 0 aliphatic rings. The Morgan fingerprint density at radius 3 is 2.81 bits per heavy atom. The molecular formula is C14H18N4O2S. The maximum Gasteiger partial charge on any atom is 0.257 e. The number of nitrogens with one attached hydrogen (secondary N) is 1. The summed E-state index contributed by atoms with van der Waals surface area (Å²) >= 11 is 1.31. The van der Waals surface area contributed by atoms with Crippen LogP contribution in [0.3, 0.4) is 0 Å². The molecular weight excluding hydrogens is 288 g/mol. The molecule has 112 valence electrons. The summed E-state index contributed by atoms with van der Waals surface area (Å²) in [6.45, 7) is 1.88. The fourth-order valence-corrected chi connectivity index (χ4v) is 2.41. The normalized spacial score (nSPS) is 12.0. The van der Waals surface area contributed by atoms with E-state index < -0.39 is 0 Å². The highest BCUT2D eigenvalue weighted by molar-refractivity contribution is 7.15. The van der Waals surface area contributed by atoms with Crippen LogP contribution in [0.1, 0.15) is 28.4 Å². The van der Waals surface area contributed by atoms with Crippen LogP contribution in [-0.4, -0.2) is 37.3 Å². The summed E-state index contributed by atoms with van der Waals surface area (Å²) in [7, 11) is 5.47. The van der Waals surface area contributed by atoms with Crippen LogP contribution in [0.5, 0.6) is 0 Å². The molecule has 1 aromatic carbocycles. The van der Waals surface area contributed by atoms with Crippen molar-refractivity contribution in [3.05, 3.63) is 34.8 Å². The Balaban J connectivity index is 2.11. The van der Waals surface area contributed by atoms with Gasteiger partial charge in [-0.25, -0.2) is 0 Å². The first kappa shape index (κ1) is 15.4. The van der Waals surface area contributed by atoms with Gasteiger partial charge in [0, 0.05) is 32.5 Å². The second-order valence-electron chi connectivity index (χ2n) is 4.72. The quantitative estimate of drug-likeness (QED) is 0.919. The molecule has 6 nitrogen and oxygen atoms in total. The van der Waals surface area contributed by atoms with Gasteiger partial charge in [0.05, 0.1) is 0 Å². The van der Waals surface area contributed by atoms with E-state index in [1.807, 2.05) is 44.1 Å². The highest BCUT2D eigenvalue weighted by atomic mass is 32.1. The van der Waals surface area contributed by atoms with E-state index in [0.29, 0.717) is 10.7 Å². The smallest absolute Gasteiger partial charge is 0.257 e. The van der Waals surface area contributed by atoms with E-state index in [9.17, 15) is 4.79 Å². The second kappa shape index (κ2) is 6.64. The Morgan fingerprint density at radius 1 is 1.38 bits per heavy atom. The molecule has 1 heterocycles. The van der Waals surface area contributed by atoms with Crippen LogP contribution in [0, 0.1) is 0 Å². The van der Waals surface area contributed by atoms with Crippen LogP contribution in [-0.2, 0) is 4.74 Å². The van der Waals surface area contributed by atoms with Crippen molar-refractivity contribution in [3.8, 4) is 0 Å². The maximum absolute atomic E-state index is 12.2. The maximum atomic E-state index is 12.2. The summed E-state index contributed by atoms with van der Waals surface area (Å²) in [5, 5.41) is 11.9. The van der Waals surface area contributed by atoms with Gasteiger partial charge in [-0.1, -0.05) is 17.4 Å². The van der Waals surface area contributed by atoms with Crippen LogP contribution in [0.4, 0.5) is 10.8 Å². The number of nitrogens with zero attached hydrogens (tertiary/aromatic N) is 3. The van der Waals surface area contributed by atoms with Crippen molar-refractivity contribution in [1.29, 1.82) is 0 Å². The standard InChI is InChI=1S/C14H18N4O2S/c1-9(20-4)13-16-17-14(21-13)15-12(19)10-6-5-7-11(8-10)18(2)3/h5-9H,1-4H3,(H,15,17,19). The first-order valence-corrected chi connectivity index (χ1v) is 7.28. The lowest BCUT2D eigenvalue weighted by Crippen LogP contribution is -2.14. The number of aromatic nitrogens is 2. The largest absolute Gasteiger partial charge is 0.378 e. The van der Waals surface area contributed by atoms with Gasteiger partial charge < -0.3 is 9.64 Å². The molecule has 1 aromatic heterocycles. The third-order valence-corrected chi connectivity index (χ3v) is 3.99. The van der Waals surface area contributed by atoms with Crippen LogP contribution in [0.25, 0.3) is 0 Å². The zero-order valence-electron chi connectivity index (χ0n) is 12.5. The van der Waals surface area contributed by atoms with E-state index in [4.69, 9.17) is 4.74 Å². The van der Waals surface area contributed by atoms with Gasteiger partial charge in [0.25, 0.3) is 5.91 Å². The van der Waals surface area contributed by atoms with Crippen molar-refractivity contribution in [2.45, 2.75) is 13.0 Å². The molecule has 1 N–H and O–H groups in total. The first-order chi connectivity index (χ1) is 10.0. The van der Waals surface area contributed by atoms with Gasteiger partial charge in [0.1, 0.15) is 11.1 Å². The highest BCUT2D eigenvalue weighted by Gasteiger charge is 2.14. The number of carbonyl (C=O) groups excluding carboxylic acids is 1. The lowest BCUT2D eigenvalue weighted by Gasteiger charge is -2.13. The summed E-state index contributed by atoms with van der Waals surface area (Å²) in [5.74, 6) is -0.202. The van der Waals surface area contributed by atoms with Gasteiger partial charge >= 0.3 is 0 Å². The number of methoxy groups -OCH3 is 1. The minimum atomic E-state index is -0.202. The number of amides is 1. The van der Waals surface area contributed by atoms with E-state index in [0.717, 1.165) is 10.7 Å². The Kier molecular flexibility index (Phi) is 4.87. The molecule has 21 heavy (non-hydrogen) atoms. The Bertz CT molecular complexity index is 627. The molecule has 0 saturated heterocycles. The molecule has 0 radical (unpaired) electrons. The molecule has 7 heteroatoms. The van der Waals surface area contributed by atoms with E-state index in [2.05, 4.69) is 15.5 Å². The summed E-state index contributed by atoms with van der Waals surface area (Å²) in [5.41, 5.74) is 1.55. The number of hydrogen-bond acceptors (Lipinski definition) is 6. The van der Waals surface area contributed by atoms with Crippen LogP contribution in [0.15, 0.2) is 24.3 Å². The van der Waals surface area contributed by atoms with Gasteiger partial charge in [0.15, 0.2) is 0 Å². The Hall–Kier alpha value is -1.99. The molecule has 2 rings (SSSR count). The average molecular weight is 306 g/mol. The molecule has 0 bridgehead atoms. The fraction of sp³-hybridized carbons (Fsp3) is 0.357. The fourth-order valence-electron chi connectivity index (χ4n) is 1.64. The van der Waals surface area contributed by atoms with E-state index >= 15 is 0 Å². The zero-order valence-corrected chi connectivity index (χ0v) is 13.3. The van der Waals surface area contributed by atoms with Crippen molar-refractivity contribution in [3.63, 3.8) is 0 Å². The van der Waals surface area contributed by atoms with Crippen molar-refractivity contribution in [1.82, 2.24) is 10.2 Å². The van der Waals surface area contributed by atoms with Gasteiger partial charge in [0.2, 0.25) is 5.13 Å². The van der Waals surface area contributed by atoms with Crippen molar-refractivity contribution in [2.24, 2.45) is 0 Å². The second-order valence-corrected chi connectivity index (χ2v) is 5.73. The lowest BCUT2D eigenvalue weighted by molar-refractivity contribution is 0.102. The SMILES string of the molecule is COC(C)c1nnc(NC(=O)c2cccc(N(C)C)c2)s1. The minimum absolute atomic E-state index is 0.134. The predicted octanol–water partition coefficient (Wildman–Crippen LogP) is 2.56. The minimum Gasteiger partial charge on any atom is -0.378 e. The third-order valence-electron chi connectivity index (χ3n) is 2.99. The number of carbonyl (C=O) groups is 1. The number of ether oxygens (including phenoxy) is 1. The number of hydrogen-bond donors (Lipinski definition) is 1. The lowest BCUT2D eigenvalue weighted by atomic mass is 10.2. The molecule has 1 amide bonds. The Morgan fingerprint density at radius 2 is 2.14 bits per heavy atom.